The maximum absolute atomic E-state index is 13.9. The fourth-order valence-corrected chi connectivity index (χ4v) is 3.05. The van der Waals surface area contributed by atoms with Crippen molar-refractivity contribution in [3.63, 3.8) is 0 Å². The number of hydrogen-bond donors (Lipinski definition) is 1. The molecule has 0 radical (unpaired) electrons. The van der Waals surface area contributed by atoms with Gasteiger partial charge in [0.25, 0.3) is 0 Å². The summed E-state index contributed by atoms with van der Waals surface area (Å²) >= 11 is 0. The molecule has 1 aliphatic rings. The molecule has 0 amide bonds. The van der Waals surface area contributed by atoms with E-state index < -0.39 is 0 Å². The molecule has 1 fully saturated rings. The van der Waals surface area contributed by atoms with Crippen molar-refractivity contribution >= 4 is 0 Å². The number of halogens is 1. The van der Waals surface area contributed by atoms with Crippen LogP contribution in [-0.2, 0) is 5.41 Å². The summed E-state index contributed by atoms with van der Waals surface area (Å²) in [6.45, 7) is 0.647. The summed E-state index contributed by atoms with van der Waals surface area (Å²) in [5.41, 5.74) is 6.61. The van der Waals surface area contributed by atoms with E-state index in [0.717, 1.165) is 24.8 Å². The summed E-state index contributed by atoms with van der Waals surface area (Å²) in [4.78, 5) is 0. The van der Waals surface area contributed by atoms with Gasteiger partial charge in [-0.2, -0.15) is 0 Å². The van der Waals surface area contributed by atoms with Crippen molar-refractivity contribution in [2.24, 2.45) is 5.73 Å². The van der Waals surface area contributed by atoms with Crippen LogP contribution in [0.4, 0.5) is 4.39 Å². The van der Waals surface area contributed by atoms with Crippen molar-refractivity contribution in [3.05, 3.63) is 35.6 Å². The van der Waals surface area contributed by atoms with Crippen LogP contribution < -0.4 is 5.73 Å². The van der Waals surface area contributed by atoms with Gasteiger partial charge in [-0.1, -0.05) is 37.5 Å². The summed E-state index contributed by atoms with van der Waals surface area (Å²) in [6.07, 6.45) is 6.77. The first-order chi connectivity index (χ1) is 7.78. The Kier molecular flexibility index (Phi) is 3.59. The topological polar surface area (TPSA) is 26.0 Å². The van der Waals surface area contributed by atoms with Gasteiger partial charge in [-0.15, -0.1) is 0 Å². The minimum Gasteiger partial charge on any atom is -0.330 e. The monoisotopic (exact) mass is 221 g/mol. The lowest BCUT2D eigenvalue weighted by atomic mass is 9.67. The van der Waals surface area contributed by atoms with Crippen molar-refractivity contribution < 1.29 is 4.39 Å². The molecule has 0 spiro atoms. The van der Waals surface area contributed by atoms with Crippen LogP contribution in [-0.4, -0.2) is 6.54 Å². The average Bonchev–Trinajstić information content (AvgIpc) is 2.31. The van der Waals surface area contributed by atoms with Gasteiger partial charge >= 0.3 is 0 Å². The number of rotatable bonds is 3. The van der Waals surface area contributed by atoms with Crippen LogP contribution in [0, 0.1) is 5.82 Å². The van der Waals surface area contributed by atoms with E-state index in [-0.39, 0.29) is 11.2 Å². The van der Waals surface area contributed by atoms with E-state index in [9.17, 15) is 4.39 Å². The molecule has 2 N–H and O–H groups in total. The fraction of sp³-hybridized carbons (Fsp3) is 0.571. The number of benzene rings is 1. The molecule has 2 heteroatoms. The third kappa shape index (κ3) is 2.12. The fourth-order valence-electron chi connectivity index (χ4n) is 3.05. The number of nitrogens with two attached hydrogens (primary N) is 1. The molecule has 0 unspecified atom stereocenters. The van der Waals surface area contributed by atoms with Gasteiger partial charge in [-0.25, -0.2) is 4.39 Å². The third-order valence-corrected chi connectivity index (χ3v) is 3.88. The Hall–Kier alpha value is -0.890. The molecule has 1 nitrogen and oxygen atoms in total. The van der Waals surface area contributed by atoms with Gasteiger partial charge < -0.3 is 5.73 Å². The Labute approximate surface area is 96.9 Å². The third-order valence-electron chi connectivity index (χ3n) is 3.88. The molecule has 0 aromatic heterocycles. The standard InChI is InChI=1S/C14H20FN/c15-13-7-3-2-6-12(13)14(10-11-16)8-4-1-5-9-14/h2-3,6-7H,1,4-5,8-11,16H2. The zero-order chi connectivity index (χ0) is 11.4. The highest BCUT2D eigenvalue weighted by Gasteiger charge is 2.34. The molecule has 88 valence electrons. The van der Waals surface area contributed by atoms with Gasteiger partial charge in [0.1, 0.15) is 5.82 Å². The van der Waals surface area contributed by atoms with E-state index in [4.69, 9.17) is 5.73 Å². The van der Waals surface area contributed by atoms with Crippen LogP contribution in [0.2, 0.25) is 0 Å². The van der Waals surface area contributed by atoms with Crippen LogP contribution in [0.1, 0.15) is 44.1 Å². The highest BCUT2D eigenvalue weighted by Crippen LogP contribution is 2.42. The van der Waals surface area contributed by atoms with Crippen molar-refractivity contribution in [3.8, 4) is 0 Å². The zero-order valence-corrected chi connectivity index (χ0v) is 9.71. The van der Waals surface area contributed by atoms with E-state index in [1.807, 2.05) is 12.1 Å². The van der Waals surface area contributed by atoms with Gasteiger partial charge in [0.15, 0.2) is 0 Å². The summed E-state index contributed by atoms with van der Waals surface area (Å²) in [5.74, 6) is -0.0575. The molecule has 1 aliphatic carbocycles. The van der Waals surface area contributed by atoms with Gasteiger partial charge in [0, 0.05) is 0 Å². The van der Waals surface area contributed by atoms with Gasteiger partial charge in [0.05, 0.1) is 0 Å². The minimum atomic E-state index is -0.0575. The van der Waals surface area contributed by atoms with Gasteiger partial charge in [-0.05, 0) is 42.9 Å². The van der Waals surface area contributed by atoms with Crippen molar-refractivity contribution in [1.82, 2.24) is 0 Å². The molecule has 1 aromatic rings. The van der Waals surface area contributed by atoms with Gasteiger partial charge in [0.2, 0.25) is 0 Å². The molecule has 2 rings (SSSR count). The predicted molar refractivity (Wildman–Crippen MR) is 64.8 cm³/mol. The first kappa shape index (κ1) is 11.6. The lowest BCUT2D eigenvalue weighted by Gasteiger charge is -2.38. The van der Waals surface area contributed by atoms with Crippen molar-refractivity contribution in [1.29, 1.82) is 0 Å². The Morgan fingerprint density at radius 1 is 1.12 bits per heavy atom. The molecule has 0 aliphatic heterocycles. The molecular weight excluding hydrogens is 201 g/mol. The Morgan fingerprint density at radius 2 is 1.81 bits per heavy atom. The Morgan fingerprint density at radius 3 is 2.44 bits per heavy atom. The smallest absolute Gasteiger partial charge is 0.126 e. The van der Waals surface area contributed by atoms with Crippen LogP contribution in [0.15, 0.2) is 24.3 Å². The summed E-state index contributed by atoms with van der Waals surface area (Å²) in [6, 6.07) is 7.21. The second-order valence-electron chi connectivity index (χ2n) is 4.86. The molecule has 16 heavy (non-hydrogen) atoms. The molecule has 1 saturated carbocycles. The second kappa shape index (κ2) is 4.96. The minimum absolute atomic E-state index is 0.0122. The van der Waals surface area contributed by atoms with E-state index in [1.165, 1.54) is 19.3 Å². The van der Waals surface area contributed by atoms with Crippen LogP contribution in [0.25, 0.3) is 0 Å². The maximum Gasteiger partial charge on any atom is 0.126 e. The summed E-state index contributed by atoms with van der Waals surface area (Å²) in [5, 5.41) is 0. The highest BCUT2D eigenvalue weighted by molar-refractivity contribution is 5.27. The van der Waals surface area contributed by atoms with Gasteiger partial charge in [-0.3, -0.25) is 0 Å². The van der Waals surface area contributed by atoms with E-state index in [1.54, 1.807) is 12.1 Å². The number of hydrogen-bond acceptors (Lipinski definition) is 1. The first-order valence-corrected chi connectivity index (χ1v) is 6.24. The highest BCUT2D eigenvalue weighted by atomic mass is 19.1. The molecule has 1 aromatic carbocycles. The van der Waals surface area contributed by atoms with E-state index in [0.29, 0.717) is 6.54 Å². The van der Waals surface area contributed by atoms with E-state index in [2.05, 4.69) is 0 Å². The Bertz CT molecular complexity index is 337. The zero-order valence-electron chi connectivity index (χ0n) is 9.71. The van der Waals surface area contributed by atoms with Crippen LogP contribution >= 0.6 is 0 Å². The predicted octanol–water partition coefficient (Wildman–Crippen LogP) is 3.38. The van der Waals surface area contributed by atoms with E-state index >= 15 is 0 Å². The molecule has 0 atom stereocenters. The van der Waals surface area contributed by atoms with Crippen molar-refractivity contribution in [2.45, 2.75) is 43.9 Å². The second-order valence-corrected chi connectivity index (χ2v) is 4.86. The summed E-state index contributed by atoms with van der Waals surface area (Å²) < 4.78 is 13.9. The molecule has 0 bridgehead atoms. The Balaban J connectivity index is 2.34. The van der Waals surface area contributed by atoms with Crippen molar-refractivity contribution in [2.75, 3.05) is 6.54 Å². The molecule has 0 heterocycles. The lowest BCUT2D eigenvalue weighted by Crippen LogP contribution is -2.32. The van der Waals surface area contributed by atoms with Crippen LogP contribution in [0.3, 0.4) is 0 Å². The summed E-state index contributed by atoms with van der Waals surface area (Å²) in [7, 11) is 0. The average molecular weight is 221 g/mol. The van der Waals surface area contributed by atoms with Crippen LogP contribution in [0.5, 0.6) is 0 Å². The lowest BCUT2D eigenvalue weighted by molar-refractivity contribution is 0.269. The first-order valence-electron chi connectivity index (χ1n) is 6.24. The largest absolute Gasteiger partial charge is 0.330 e. The SMILES string of the molecule is NCCC1(c2ccccc2F)CCCCC1. The maximum atomic E-state index is 13.9. The normalized spacial score (nSPS) is 19.6. The molecular formula is C14H20FN. The molecule has 0 saturated heterocycles. The quantitative estimate of drug-likeness (QED) is 0.832.